The third-order valence-corrected chi connectivity index (χ3v) is 13.1. The molecule has 0 radical (unpaired) electrons. The first kappa shape index (κ1) is 54.1. The Morgan fingerprint density at radius 2 is 1.23 bits per heavy atom. The minimum atomic E-state index is -4.69. The molecule has 5 aromatic rings. The molecular formula is C45H31N8Na2O13S3+. The van der Waals surface area contributed by atoms with Gasteiger partial charge in [0.2, 0.25) is 4.90 Å². The number of hydrogen-bond donors (Lipinski definition) is 6. The van der Waals surface area contributed by atoms with Crippen molar-refractivity contribution in [3.05, 3.63) is 184 Å². The van der Waals surface area contributed by atoms with Crippen LogP contribution >= 0.6 is 0 Å². The number of allylic oxidation sites excluding steroid dienone is 8. The van der Waals surface area contributed by atoms with Crippen LogP contribution in [0.4, 0.5) is 22.7 Å². The van der Waals surface area contributed by atoms with Crippen molar-refractivity contribution in [3.63, 3.8) is 0 Å². The van der Waals surface area contributed by atoms with E-state index in [2.05, 4.69) is 35.1 Å². The van der Waals surface area contributed by atoms with Crippen molar-refractivity contribution in [2.24, 2.45) is 30.4 Å². The number of aromatic carboxylic acids is 1. The summed E-state index contributed by atoms with van der Waals surface area (Å²) < 4.78 is 97.2. The number of benzene rings is 5. The minimum Gasteiger partial charge on any atom is -0.872 e. The number of para-hydroxylation sites is 1. The maximum Gasteiger partial charge on any atom is 1.00 e. The van der Waals surface area contributed by atoms with E-state index < -0.39 is 63.4 Å². The van der Waals surface area contributed by atoms with Crippen LogP contribution in [0.5, 0.6) is 5.75 Å². The molecule has 0 spiro atoms. The second kappa shape index (κ2) is 22.1. The largest absolute Gasteiger partial charge is 1.00 e. The second-order valence-electron chi connectivity index (χ2n) is 14.5. The van der Waals surface area contributed by atoms with Gasteiger partial charge in [-0.05, 0) is 95.3 Å². The SMILES string of the molecule is O=C(O)c1cc([N-]S(=O)(=O)c2ccc(N=C3C=CC(=NN=C4C=CC(=NN=C5C=CC(=Nc6ccccc6)c6c5cccc6[S+](=O)(O)O)c5cc(S(=O)(=O)O)ccc54)C=C3)c(N(O)O)c2)ccc1[O-].[Na+].[Na+]. The molecular weight excluding hydrogens is 1000 g/mol. The van der Waals surface area contributed by atoms with E-state index in [1.54, 1.807) is 48.6 Å². The van der Waals surface area contributed by atoms with E-state index in [4.69, 9.17) is 0 Å². The summed E-state index contributed by atoms with van der Waals surface area (Å²) in [5, 5.41) is 58.0. The van der Waals surface area contributed by atoms with Gasteiger partial charge in [0.25, 0.3) is 10.1 Å². The molecule has 26 heteroatoms. The van der Waals surface area contributed by atoms with E-state index in [0.717, 1.165) is 36.4 Å². The van der Waals surface area contributed by atoms with Crippen LogP contribution in [-0.4, -0.2) is 86.3 Å². The van der Waals surface area contributed by atoms with E-state index in [-0.39, 0.29) is 120 Å². The number of hydrogen-bond acceptors (Lipinski definition) is 16. The van der Waals surface area contributed by atoms with Crippen LogP contribution in [0, 0.1) is 0 Å². The molecule has 0 heterocycles. The molecule has 0 bridgehead atoms. The monoisotopic (exact) mass is 1030 g/mol. The number of nitrogens with zero attached hydrogens (tertiary/aromatic N) is 8. The fourth-order valence-corrected chi connectivity index (χ4v) is 9.06. The number of sulfonamides is 1. The van der Waals surface area contributed by atoms with E-state index in [1.165, 1.54) is 66.8 Å². The molecule has 0 saturated heterocycles. The summed E-state index contributed by atoms with van der Waals surface area (Å²) in [7, 11) is -13.7. The molecule has 0 saturated carbocycles. The number of aliphatic imine (C=N–C) groups is 2. The van der Waals surface area contributed by atoms with Crippen LogP contribution < -0.4 is 69.4 Å². The van der Waals surface area contributed by atoms with Crippen LogP contribution in [0.15, 0.2) is 197 Å². The van der Waals surface area contributed by atoms with Gasteiger partial charge in [0.15, 0.2) is 0 Å². The molecule has 8 rings (SSSR count). The zero-order valence-corrected chi connectivity index (χ0v) is 43.2. The van der Waals surface area contributed by atoms with Crippen molar-refractivity contribution >= 4 is 93.6 Å². The van der Waals surface area contributed by atoms with Crippen molar-refractivity contribution < 1.29 is 119 Å². The smallest absolute Gasteiger partial charge is 0.872 e. The Labute approximate surface area is 449 Å². The van der Waals surface area contributed by atoms with Crippen LogP contribution in [0.3, 0.4) is 0 Å². The van der Waals surface area contributed by atoms with Gasteiger partial charge in [-0.3, -0.25) is 15.0 Å². The average Bonchev–Trinajstić information content (AvgIpc) is 3.31. The second-order valence-corrected chi connectivity index (χ2v) is 19.0. The summed E-state index contributed by atoms with van der Waals surface area (Å²) in [5.41, 5.74) is 1.27. The van der Waals surface area contributed by atoms with Gasteiger partial charge >= 0.3 is 75.6 Å². The number of carboxylic acid groups (broad SMARTS) is 1. The number of carbonyl (C=O) groups is 1. The Morgan fingerprint density at radius 3 is 1.86 bits per heavy atom. The Kier molecular flexibility index (Phi) is 16.8. The van der Waals surface area contributed by atoms with Gasteiger partial charge in [0.05, 0.1) is 66.6 Å². The van der Waals surface area contributed by atoms with E-state index >= 15 is 0 Å². The van der Waals surface area contributed by atoms with Crippen molar-refractivity contribution in [3.8, 4) is 5.75 Å². The third-order valence-electron chi connectivity index (χ3n) is 10.0. The molecule has 5 aromatic carbocycles. The standard InChI is InChI=1S/C45H32N8O13S3.2Na/c54-42-22-13-29(23-35(42)45(55)56)52-67(59,60)30-15-17-39(41(25-30)53(57)58)46-27-9-11-28(12-10-27)48-49-36-18-19-38(34-24-31(68(61,62)63)14-16-32(34)36)51-50-37-20-21-40(47-26-5-2-1-3-6-26)44-33(37)7-4-8-43(44)69(64,65)66;;/h1-25,57-58H,(H5-,46,47,48,49,50,51,52,54,55,56,61,62,63,64,65,66);;/q;2*+1/p-1. The van der Waals surface area contributed by atoms with E-state index in [9.17, 15) is 60.1 Å². The predicted molar refractivity (Wildman–Crippen MR) is 253 cm³/mol. The maximum atomic E-state index is 13.1. The Balaban J connectivity index is 0.00000413. The fourth-order valence-electron chi connectivity index (χ4n) is 6.82. The Morgan fingerprint density at radius 1 is 0.620 bits per heavy atom. The van der Waals surface area contributed by atoms with Gasteiger partial charge in [-0.15, -0.1) is 26.2 Å². The molecule has 21 nitrogen and oxygen atoms in total. The van der Waals surface area contributed by atoms with Gasteiger partial charge < -0.3 is 14.9 Å². The first-order chi connectivity index (χ1) is 32.7. The quantitative estimate of drug-likeness (QED) is 0.0354. The Bertz CT molecular complexity index is 3590. The first-order valence-corrected chi connectivity index (χ1v) is 24.0. The zero-order valence-electron chi connectivity index (χ0n) is 36.8. The summed E-state index contributed by atoms with van der Waals surface area (Å²) in [6.07, 6.45) is 12.1. The minimum absolute atomic E-state index is 0. The number of carboxylic acids is 1. The molecule has 0 fully saturated rings. The molecule has 0 atom stereocenters. The van der Waals surface area contributed by atoms with Gasteiger partial charge in [-0.1, -0.05) is 60.3 Å². The fraction of sp³-hybridized carbons (Fsp3) is 0. The molecule has 0 unspecified atom stereocenters. The van der Waals surface area contributed by atoms with Crippen LogP contribution in [0.1, 0.15) is 32.6 Å². The molecule has 0 aromatic heterocycles. The summed E-state index contributed by atoms with van der Waals surface area (Å²) in [4.78, 5) is 19.0. The predicted octanol–water partition coefficient (Wildman–Crippen LogP) is 0.994. The molecule has 6 N–H and O–H groups in total. The van der Waals surface area contributed by atoms with Crippen LogP contribution in [0.2, 0.25) is 0 Å². The number of rotatable bonds is 11. The van der Waals surface area contributed by atoms with Gasteiger partial charge in [-0.2, -0.15) is 22.6 Å². The third kappa shape index (κ3) is 12.5. The van der Waals surface area contributed by atoms with Crippen molar-refractivity contribution in [2.75, 3.05) is 5.23 Å². The van der Waals surface area contributed by atoms with Crippen LogP contribution in [0.25, 0.3) is 4.72 Å². The average molecular weight is 1030 g/mol. The molecule has 3 aliphatic carbocycles. The van der Waals surface area contributed by atoms with Gasteiger partial charge in [0, 0.05) is 22.8 Å². The number of fused-ring (bicyclic) bond motifs is 2. The summed E-state index contributed by atoms with van der Waals surface area (Å²) in [5.74, 6) is -2.43. The van der Waals surface area contributed by atoms with Crippen LogP contribution in [-0.2, 0) is 34.8 Å². The number of anilines is 1. The molecule has 3 aliphatic rings. The summed E-state index contributed by atoms with van der Waals surface area (Å²) in [6, 6.07) is 22.6. The van der Waals surface area contributed by atoms with Crippen molar-refractivity contribution in [2.45, 2.75) is 14.7 Å². The van der Waals surface area contributed by atoms with Gasteiger partial charge in [0.1, 0.15) is 15.7 Å². The summed E-state index contributed by atoms with van der Waals surface area (Å²) in [6.45, 7) is 0. The normalized spacial score (nSPS) is 16.3. The van der Waals surface area contributed by atoms with E-state index in [1.807, 2.05) is 0 Å². The Hall–Kier alpha value is -6.20. The van der Waals surface area contributed by atoms with Gasteiger partial charge in [-0.25, -0.2) is 23.2 Å². The van der Waals surface area contributed by atoms with E-state index in [0.29, 0.717) is 22.5 Å². The topological polar surface area (TPSA) is 338 Å². The molecule has 348 valence electrons. The van der Waals surface area contributed by atoms with Crippen molar-refractivity contribution in [1.82, 2.24) is 0 Å². The first-order valence-electron chi connectivity index (χ1n) is 19.6. The maximum absolute atomic E-state index is 13.1. The van der Waals surface area contributed by atoms with Crippen molar-refractivity contribution in [1.29, 1.82) is 0 Å². The zero-order chi connectivity index (χ0) is 49.3. The molecule has 0 aliphatic heterocycles. The molecule has 71 heavy (non-hydrogen) atoms. The molecule has 0 amide bonds. The summed E-state index contributed by atoms with van der Waals surface area (Å²) >= 11 is 0.